The Morgan fingerprint density at radius 1 is 1.29 bits per heavy atom. The maximum atomic E-state index is 5.60. The van der Waals surface area contributed by atoms with Crippen LogP contribution in [0.2, 0.25) is 0 Å². The summed E-state index contributed by atoms with van der Waals surface area (Å²) in [5.74, 6) is 2.26. The average molecular weight is 249 g/mol. The van der Waals surface area contributed by atoms with E-state index in [0.717, 1.165) is 18.9 Å². The Labute approximate surface area is 109 Å². The van der Waals surface area contributed by atoms with Gasteiger partial charge in [0.1, 0.15) is 0 Å². The molecule has 1 aromatic carbocycles. The van der Waals surface area contributed by atoms with E-state index in [0.29, 0.717) is 0 Å². The molecule has 1 aliphatic rings. The summed E-state index contributed by atoms with van der Waals surface area (Å²) < 4.78 is 0. The Morgan fingerprint density at radius 3 is 2.71 bits per heavy atom. The number of hydrogen-bond donors (Lipinski definition) is 1. The van der Waals surface area contributed by atoms with Crippen molar-refractivity contribution in [2.24, 2.45) is 11.7 Å². The molecule has 2 rings (SSSR count). The molecule has 17 heavy (non-hydrogen) atoms. The van der Waals surface area contributed by atoms with E-state index in [1.165, 1.54) is 47.5 Å². The van der Waals surface area contributed by atoms with Crippen LogP contribution in [0.25, 0.3) is 0 Å². The second kappa shape index (κ2) is 6.46. The van der Waals surface area contributed by atoms with Gasteiger partial charge in [-0.25, -0.2) is 0 Å². The van der Waals surface area contributed by atoms with Crippen molar-refractivity contribution in [3.8, 4) is 0 Å². The van der Waals surface area contributed by atoms with Gasteiger partial charge in [0.15, 0.2) is 0 Å². The van der Waals surface area contributed by atoms with Crippen molar-refractivity contribution in [3.63, 3.8) is 0 Å². The van der Waals surface area contributed by atoms with Gasteiger partial charge >= 0.3 is 0 Å². The second-order valence-corrected chi connectivity index (χ2v) is 6.18. The van der Waals surface area contributed by atoms with Crippen LogP contribution in [-0.4, -0.2) is 12.3 Å². The first-order chi connectivity index (χ1) is 8.29. The predicted molar refractivity (Wildman–Crippen MR) is 76.6 cm³/mol. The van der Waals surface area contributed by atoms with Crippen LogP contribution < -0.4 is 5.73 Å². The molecule has 1 aliphatic carbocycles. The molecule has 0 atom stereocenters. The summed E-state index contributed by atoms with van der Waals surface area (Å²) in [5.41, 5.74) is 8.40. The standard InChI is InChI=1S/C15H23NS/c1-12-10-15(7-6-14(12)8-9-16)17-11-13-4-2-3-5-13/h6-7,10,13H,2-5,8-9,11,16H2,1H3. The molecule has 2 heteroatoms. The lowest BCUT2D eigenvalue weighted by molar-refractivity contribution is 0.623. The minimum absolute atomic E-state index is 0.745. The summed E-state index contributed by atoms with van der Waals surface area (Å²) in [6.07, 6.45) is 6.77. The minimum Gasteiger partial charge on any atom is -0.330 e. The first kappa shape index (κ1) is 13.0. The molecule has 0 saturated heterocycles. The van der Waals surface area contributed by atoms with Crippen LogP contribution in [0.1, 0.15) is 36.8 Å². The van der Waals surface area contributed by atoms with Gasteiger partial charge in [0.2, 0.25) is 0 Å². The first-order valence-electron chi connectivity index (χ1n) is 6.72. The highest BCUT2D eigenvalue weighted by Gasteiger charge is 2.14. The monoisotopic (exact) mass is 249 g/mol. The van der Waals surface area contributed by atoms with Gasteiger partial charge in [-0.2, -0.15) is 0 Å². The first-order valence-corrected chi connectivity index (χ1v) is 7.70. The Hall–Kier alpha value is -0.470. The van der Waals surface area contributed by atoms with E-state index >= 15 is 0 Å². The smallest absolute Gasteiger partial charge is 0.00748 e. The SMILES string of the molecule is Cc1cc(SCC2CCCC2)ccc1CCN. The highest BCUT2D eigenvalue weighted by Crippen LogP contribution is 2.31. The van der Waals surface area contributed by atoms with Crippen LogP contribution in [0.3, 0.4) is 0 Å². The third-order valence-corrected chi connectivity index (χ3v) is 4.91. The topological polar surface area (TPSA) is 26.0 Å². The van der Waals surface area contributed by atoms with E-state index in [4.69, 9.17) is 5.73 Å². The highest BCUT2D eigenvalue weighted by molar-refractivity contribution is 7.99. The van der Waals surface area contributed by atoms with E-state index in [9.17, 15) is 0 Å². The minimum atomic E-state index is 0.745. The summed E-state index contributed by atoms with van der Waals surface area (Å²) in [6, 6.07) is 6.83. The van der Waals surface area contributed by atoms with Gasteiger partial charge in [-0.05, 0) is 61.9 Å². The summed E-state index contributed by atoms with van der Waals surface area (Å²) in [7, 11) is 0. The third kappa shape index (κ3) is 3.75. The Kier molecular flexibility index (Phi) is 4.93. The van der Waals surface area contributed by atoms with Crippen LogP contribution in [0.5, 0.6) is 0 Å². The van der Waals surface area contributed by atoms with E-state index in [2.05, 4.69) is 25.1 Å². The molecule has 0 aliphatic heterocycles. The molecule has 0 heterocycles. The summed E-state index contributed by atoms with van der Waals surface area (Å²) in [4.78, 5) is 1.43. The third-order valence-electron chi connectivity index (χ3n) is 3.69. The van der Waals surface area contributed by atoms with E-state index in [-0.39, 0.29) is 0 Å². The average Bonchev–Trinajstić information content (AvgIpc) is 2.83. The highest BCUT2D eigenvalue weighted by atomic mass is 32.2. The molecule has 1 fully saturated rings. The van der Waals surface area contributed by atoms with Crippen molar-refractivity contribution in [2.45, 2.75) is 43.9 Å². The van der Waals surface area contributed by atoms with Crippen LogP contribution in [-0.2, 0) is 6.42 Å². The largest absolute Gasteiger partial charge is 0.330 e. The number of thioether (sulfide) groups is 1. The fourth-order valence-electron chi connectivity index (χ4n) is 2.59. The molecular weight excluding hydrogens is 226 g/mol. The van der Waals surface area contributed by atoms with Crippen molar-refractivity contribution in [2.75, 3.05) is 12.3 Å². The molecule has 0 radical (unpaired) electrons. The molecule has 2 N–H and O–H groups in total. The number of hydrogen-bond acceptors (Lipinski definition) is 2. The number of nitrogens with two attached hydrogens (primary N) is 1. The van der Waals surface area contributed by atoms with Crippen LogP contribution in [0.15, 0.2) is 23.1 Å². The van der Waals surface area contributed by atoms with Crippen molar-refractivity contribution in [3.05, 3.63) is 29.3 Å². The maximum absolute atomic E-state index is 5.60. The van der Waals surface area contributed by atoms with Gasteiger partial charge < -0.3 is 5.73 Å². The molecule has 0 bridgehead atoms. The molecule has 1 aromatic rings. The van der Waals surface area contributed by atoms with Crippen molar-refractivity contribution in [1.82, 2.24) is 0 Å². The lowest BCUT2D eigenvalue weighted by atomic mass is 10.1. The van der Waals surface area contributed by atoms with Crippen molar-refractivity contribution in [1.29, 1.82) is 0 Å². The van der Waals surface area contributed by atoms with Gasteiger partial charge in [-0.3, -0.25) is 0 Å². The van der Waals surface area contributed by atoms with Crippen LogP contribution in [0, 0.1) is 12.8 Å². The maximum Gasteiger partial charge on any atom is 0.00748 e. The molecule has 0 aromatic heterocycles. The zero-order chi connectivity index (χ0) is 12.1. The Morgan fingerprint density at radius 2 is 2.06 bits per heavy atom. The molecular formula is C15H23NS. The van der Waals surface area contributed by atoms with Crippen LogP contribution >= 0.6 is 11.8 Å². The van der Waals surface area contributed by atoms with E-state index in [1.54, 1.807) is 0 Å². The second-order valence-electron chi connectivity index (χ2n) is 5.09. The van der Waals surface area contributed by atoms with Gasteiger partial charge in [-0.1, -0.05) is 18.9 Å². The van der Waals surface area contributed by atoms with Gasteiger partial charge in [0.25, 0.3) is 0 Å². The zero-order valence-electron chi connectivity index (χ0n) is 10.7. The normalized spacial score (nSPS) is 16.6. The summed E-state index contributed by atoms with van der Waals surface area (Å²) >= 11 is 2.03. The summed E-state index contributed by atoms with van der Waals surface area (Å²) in [5, 5.41) is 0. The van der Waals surface area contributed by atoms with Gasteiger partial charge in [-0.15, -0.1) is 11.8 Å². The molecule has 0 spiro atoms. The molecule has 94 valence electrons. The molecule has 1 saturated carbocycles. The van der Waals surface area contributed by atoms with Gasteiger partial charge in [0.05, 0.1) is 0 Å². The fourth-order valence-corrected chi connectivity index (χ4v) is 3.77. The van der Waals surface area contributed by atoms with Crippen molar-refractivity contribution >= 4 is 11.8 Å². The quantitative estimate of drug-likeness (QED) is 0.804. The Bertz CT molecular complexity index is 356. The van der Waals surface area contributed by atoms with Crippen LogP contribution in [0.4, 0.5) is 0 Å². The molecule has 1 nitrogen and oxygen atoms in total. The number of rotatable bonds is 5. The lowest BCUT2D eigenvalue weighted by Gasteiger charge is -2.10. The van der Waals surface area contributed by atoms with E-state index < -0.39 is 0 Å². The number of benzene rings is 1. The molecule has 0 amide bonds. The molecule has 0 unspecified atom stereocenters. The summed E-state index contributed by atoms with van der Waals surface area (Å²) in [6.45, 7) is 2.94. The lowest BCUT2D eigenvalue weighted by Crippen LogP contribution is -2.04. The van der Waals surface area contributed by atoms with Crippen molar-refractivity contribution < 1.29 is 0 Å². The fraction of sp³-hybridized carbons (Fsp3) is 0.600. The van der Waals surface area contributed by atoms with Gasteiger partial charge in [0, 0.05) is 10.6 Å². The predicted octanol–water partition coefficient (Wildman–Crippen LogP) is 3.78. The number of aryl methyl sites for hydroxylation is 1. The van der Waals surface area contributed by atoms with E-state index in [1.807, 2.05) is 11.8 Å². The Balaban J connectivity index is 1.90. The zero-order valence-corrected chi connectivity index (χ0v) is 11.6.